The molecule has 0 unspecified atom stereocenters. The smallest absolute Gasteiger partial charge is 0.318 e. The highest BCUT2D eigenvalue weighted by Gasteiger charge is 2.25. The Kier molecular flexibility index (Phi) is 6.36. The van der Waals surface area contributed by atoms with E-state index in [9.17, 15) is 4.79 Å². The molecule has 0 saturated carbocycles. The lowest BCUT2D eigenvalue weighted by molar-refractivity contribution is -0.149. The van der Waals surface area contributed by atoms with Crippen molar-refractivity contribution in [2.45, 2.75) is 25.4 Å². The van der Waals surface area contributed by atoms with Crippen molar-refractivity contribution in [2.24, 2.45) is 0 Å². The van der Waals surface area contributed by atoms with E-state index in [0.29, 0.717) is 0 Å². The van der Waals surface area contributed by atoms with Crippen LogP contribution in [-0.4, -0.2) is 37.6 Å². The van der Waals surface area contributed by atoms with Gasteiger partial charge < -0.3 is 9.64 Å². The highest BCUT2D eigenvalue weighted by atomic mass is 16.5. The van der Waals surface area contributed by atoms with E-state index in [1.54, 1.807) is 0 Å². The van der Waals surface area contributed by atoms with Crippen molar-refractivity contribution in [1.82, 2.24) is 4.90 Å². The van der Waals surface area contributed by atoms with Gasteiger partial charge in [-0.3, -0.25) is 4.79 Å². The van der Waals surface area contributed by atoms with Gasteiger partial charge in [-0.2, -0.15) is 0 Å². The second kappa shape index (κ2) is 8.49. The summed E-state index contributed by atoms with van der Waals surface area (Å²) in [6.07, 6.45) is 0.731. The second-order valence-corrected chi connectivity index (χ2v) is 6.09. The van der Waals surface area contributed by atoms with E-state index >= 15 is 0 Å². The Labute approximate surface area is 138 Å². The van der Waals surface area contributed by atoms with E-state index < -0.39 is 0 Å². The lowest BCUT2D eigenvalue weighted by atomic mass is 9.91. The monoisotopic (exact) mass is 311 g/mol. The van der Waals surface area contributed by atoms with Crippen LogP contribution in [0.4, 0.5) is 0 Å². The molecule has 0 amide bonds. The van der Waals surface area contributed by atoms with Crippen molar-refractivity contribution in [1.29, 1.82) is 0 Å². The number of esters is 1. The van der Waals surface area contributed by atoms with Gasteiger partial charge >= 0.3 is 5.97 Å². The largest absolute Gasteiger partial charge is 0.462 e. The molecule has 1 atom stereocenters. The standard InChI is InChI=1S/C20H25NO2/c1-16(14-15-21(2)3)23-20(22)19(17-10-6-4-7-11-17)18-12-8-5-9-13-18/h4-13,16,19H,14-15H2,1-3H3/t16-/m1/s1. The first kappa shape index (κ1) is 17.2. The number of nitrogens with zero attached hydrogens (tertiary/aromatic N) is 1. The predicted molar refractivity (Wildman–Crippen MR) is 93.5 cm³/mol. The van der Waals surface area contributed by atoms with Crippen LogP contribution in [0.25, 0.3) is 0 Å². The summed E-state index contributed by atoms with van der Waals surface area (Å²) in [4.78, 5) is 14.9. The molecule has 3 nitrogen and oxygen atoms in total. The van der Waals surface area contributed by atoms with Gasteiger partial charge in [-0.05, 0) is 38.6 Å². The lowest BCUT2D eigenvalue weighted by Gasteiger charge is -2.21. The summed E-state index contributed by atoms with van der Waals surface area (Å²) in [5.74, 6) is -0.562. The summed E-state index contributed by atoms with van der Waals surface area (Å²) in [6, 6.07) is 19.6. The summed E-state index contributed by atoms with van der Waals surface area (Å²) < 4.78 is 5.71. The highest BCUT2D eigenvalue weighted by molar-refractivity contribution is 5.82. The van der Waals surface area contributed by atoms with E-state index in [1.165, 1.54) is 0 Å². The van der Waals surface area contributed by atoms with Crippen molar-refractivity contribution in [3.8, 4) is 0 Å². The first-order valence-electron chi connectivity index (χ1n) is 8.03. The fourth-order valence-corrected chi connectivity index (χ4v) is 2.52. The second-order valence-electron chi connectivity index (χ2n) is 6.09. The van der Waals surface area contributed by atoms with Gasteiger partial charge in [0, 0.05) is 6.54 Å². The molecule has 0 aliphatic heterocycles. The number of carbonyl (C=O) groups is 1. The molecule has 3 heteroatoms. The minimum Gasteiger partial charge on any atom is -0.462 e. The Morgan fingerprint density at radius 2 is 1.43 bits per heavy atom. The van der Waals surface area contributed by atoms with E-state index in [-0.39, 0.29) is 18.0 Å². The van der Waals surface area contributed by atoms with Crippen molar-refractivity contribution >= 4 is 5.97 Å². The van der Waals surface area contributed by atoms with Crippen LogP contribution >= 0.6 is 0 Å². The van der Waals surface area contributed by atoms with Gasteiger partial charge in [-0.15, -0.1) is 0 Å². The number of ether oxygens (including phenoxy) is 1. The highest BCUT2D eigenvalue weighted by Crippen LogP contribution is 2.26. The van der Waals surface area contributed by atoms with Gasteiger partial charge in [-0.1, -0.05) is 60.7 Å². The van der Waals surface area contributed by atoms with Gasteiger partial charge in [0.05, 0.1) is 0 Å². The summed E-state index contributed by atoms with van der Waals surface area (Å²) in [6.45, 7) is 2.85. The van der Waals surface area contributed by atoms with Crippen LogP contribution in [0.3, 0.4) is 0 Å². The fraction of sp³-hybridized carbons (Fsp3) is 0.350. The zero-order chi connectivity index (χ0) is 16.7. The van der Waals surface area contributed by atoms with Crippen LogP contribution in [0.5, 0.6) is 0 Å². The molecule has 0 aromatic heterocycles. The SMILES string of the molecule is C[C@H](CCN(C)C)OC(=O)C(c1ccccc1)c1ccccc1. The molecule has 2 aromatic carbocycles. The Bertz CT molecular complexity index is 556. The number of hydrogen-bond acceptors (Lipinski definition) is 3. The maximum Gasteiger partial charge on any atom is 0.318 e. The van der Waals surface area contributed by atoms with E-state index in [1.807, 2.05) is 81.7 Å². The zero-order valence-electron chi connectivity index (χ0n) is 14.1. The minimum absolute atomic E-state index is 0.0974. The van der Waals surface area contributed by atoms with Crippen molar-refractivity contribution in [3.63, 3.8) is 0 Å². The van der Waals surface area contributed by atoms with Crippen molar-refractivity contribution in [2.75, 3.05) is 20.6 Å². The number of benzene rings is 2. The Hall–Kier alpha value is -2.13. The maximum atomic E-state index is 12.8. The molecule has 2 aromatic rings. The molecular weight excluding hydrogens is 286 g/mol. The van der Waals surface area contributed by atoms with Crippen LogP contribution in [-0.2, 0) is 9.53 Å². The number of hydrogen-bond donors (Lipinski definition) is 0. The summed E-state index contributed by atoms with van der Waals surface area (Å²) in [5.41, 5.74) is 1.92. The Morgan fingerprint density at radius 1 is 0.957 bits per heavy atom. The molecule has 0 aliphatic carbocycles. The van der Waals surface area contributed by atoms with Gasteiger partial charge in [0.2, 0.25) is 0 Å². The summed E-state index contributed by atoms with van der Waals surface area (Å²) >= 11 is 0. The third-order valence-corrected chi connectivity index (χ3v) is 3.80. The Morgan fingerprint density at radius 3 is 1.87 bits per heavy atom. The van der Waals surface area contributed by atoms with E-state index in [0.717, 1.165) is 24.1 Å². The van der Waals surface area contributed by atoms with Crippen LogP contribution in [0.1, 0.15) is 30.4 Å². The number of rotatable bonds is 7. The van der Waals surface area contributed by atoms with Gasteiger partial charge in [0.1, 0.15) is 12.0 Å². The van der Waals surface area contributed by atoms with Crippen molar-refractivity contribution < 1.29 is 9.53 Å². The minimum atomic E-state index is -0.376. The van der Waals surface area contributed by atoms with E-state index in [4.69, 9.17) is 4.74 Å². The van der Waals surface area contributed by atoms with Gasteiger partial charge in [0.25, 0.3) is 0 Å². The molecule has 0 spiro atoms. The molecule has 2 rings (SSSR count). The van der Waals surface area contributed by atoms with E-state index in [2.05, 4.69) is 4.90 Å². The molecule has 23 heavy (non-hydrogen) atoms. The molecule has 0 fully saturated rings. The first-order chi connectivity index (χ1) is 11.1. The van der Waals surface area contributed by atoms with Gasteiger partial charge in [0.15, 0.2) is 0 Å². The zero-order valence-corrected chi connectivity index (χ0v) is 14.1. The van der Waals surface area contributed by atoms with Crippen LogP contribution in [0, 0.1) is 0 Å². The molecule has 0 radical (unpaired) electrons. The quantitative estimate of drug-likeness (QED) is 0.730. The molecule has 0 saturated heterocycles. The normalized spacial score (nSPS) is 12.4. The van der Waals surface area contributed by atoms with Crippen LogP contribution in [0.2, 0.25) is 0 Å². The topological polar surface area (TPSA) is 29.5 Å². The molecule has 0 aliphatic rings. The van der Waals surface area contributed by atoms with Crippen LogP contribution < -0.4 is 0 Å². The third-order valence-electron chi connectivity index (χ3n) is 3.80. The first-order valence-corrected chi connectivity index (χ1v) is 8.03. The fourth-order valence-electron chi connectivity index (χ4n) is 2.52. The van der Waals surface area contributed by atoms with Gasteiger partial charge in [-0.25, -0.2) is 0 Å². The van der Waals surface area contributed by atoms with Crippen LogP contribution in [0.15, 0.2) is 60.7 Å². The molecule has 0 N–H and O–H groups in total. The summed E-state index contributed by atoms with van der Waals surface area (Å²) in [5, 5.41) is 0. The molecule has 0 heterocycles. The average Bonchev–Trinajstić information content (AvgIpc) is 2.55. The molecule has 0 bridgehead atoms. The maximum absolute atomic E-state index is 12.8. The predicted octanol–water partition coefficient (Wildman–Crippen LogP) is 3.70. The summed E-state index contributed by atoms with van der Waals surface area (Å²) in [7, 11) is 4.04. The number of carbonyl (C=O) groups excluding carboxylic acids is 1. The average molecular weight is 311 g/mol. The Balaban J connectivity index is 2.16. The molecular formula is C20H25NO2. The third kappa shape index (κ3) is 5.22. The van der Waals surface area contributed by atoms with Crippen molar-refractivity contribution in [3.05, 3.63) is 71.8 Å². The molecule has 122 valence electrons. The lowest BCUT2D eigenvalue weighted by Crippen LogP contribution is -2.25.